The Labute approximate surface area is 149 Å². The van der Waals surface area contributed by atoms with Gasteiger partial charge in [-0.3, -0.25) is 0 Å². The van der Waals surface area contributed by atoms with Crippen molar-refractivity contribution in [2.24, 2.45) is 0 Å². The van der Waals surface area contributed by atoms with Gasteiger partial charge in [-0.05, 0) is 29.3 Å². The second-order valence-electron chi connectivity index (χ2n) is 5.63. The van der Waals surface area contributed by atoms with Crippen molar-refractivity contribution in [3.05, 3.63) is 78.2 Å². The smallest absolute Gasteiger partial charge is 0.127 e. The van der Waals surface area contributed by atoms with Gasteiger partial charge in [-0.2, -0.15) is 0 Å². The first-order chi connectivity index (χ1) is 12.3. The third-order valence-corrected chi connectivity index (χ3v) is 5.20. The Kier molecular flexibility index (Phi) is 4.17. The maximum absolute atomic E-state index is 10.8. The molecule has 0 aliphatic carbocycles. The van der Waals surface area contributed by atoms with Gasteiger partial charge in [0.1, 0.15) is 23.0 Å². The van der Waals surface area contributed by atoms with Crippen molar-refractivity contribution in [1.82, 2.24) is 9.97 Å². The maximum atomic E-state index is 10.8. The molecule has 25 heavy (non-hydrogen) atoms. The number of aliphatic hydroxyl groups excluding tert-OH is 1. The van der Waals surface area contributed by atoms with Crippen molar-refractivity contribution < 1.29 is 9.84 Å². The summed E-state index contributed by atoms with van der Waals surface area (Å²) >= 11 is 1.60. The number of fused-ring (bicyclic) bond motifs is 1. The van der Waals surface area contributed by atoms with Gasteiger partial charge in [0.05, 0.1) is 12.8 Å². The van der Waals surface area contributed by atoms with Gasteiger partial charge < -0.3 is 9.84 Å². The van der Waals surface area contributed by atoms with Crippen LogP contribution in [0.15, 0.2) is 67.0 Å². The Morgan fingerprint density at radius 3 is 2.48 bits per heavy atom. The van der Waals surface area contributed by atoms with Crippen molar-refractivity contribution in [1.29, 1.82) is 0 Å². The summed E-state index contributed by atoms with van der Waals surface area (Å²) in [6, 6.07) is 19.6. The number of aliphatic hydroxyl groups is 1. The summed E-state index contributed by atoms with van der Waals surface area (Å²) in [6.07, 6.45) is 0.699. The quantitative estimate of drug-likeness (QED) is 0.592. The first-order valence-electron chi connectivity index (χ1n) is 7.88. The van der Waals surface area contributed by atoms with E-state index in [-0.39, 0.29) is 0 Å². The number of methoxy groups -OCH3 is 1. The third-order valence-electron chi connectivity index (χ3n) is 4.11. The zero-order valence-corrected chi connectivity index (χ0v) is 14.4. The van der Waals surface area contributed by atoms with Crippen LogP contribution in [0, 0.1) is 0 Å². The zero-order chi connectivity index (χ0) is 17.2. The summed E-state index contributed by atoms with van der Waals surface area (Å²) in [6.45, 7) is 0. The molecule has 0 unspecified atom stereocenters. The molecule has 4 aromatic rings. The summed E-state index contributed by atoms with van der Waals surface area (Å²) in [5.74, 6) is 0.755. The molecular weight excluding hydrogens is 332 g/mol. The van der Waals surface area contributed by atoms with Gasteiger partial charge >= 0.3 is 0 Å². The van der Waals surface area contributed by atoms with Gasteiger partial charge in [-0.1, -0.05) is 42.5 Å². The van der Waals surface area contributed by atoms with Crippen molar-refractivity contribution in [3.8, 4) is 16.2 Å². The summed E-state index contributed by atoms with van der Waals surface area (Å²) in [7, 11) is 1.62. The van der Waals surface area contributed by atoms with E-state index in [4.69, 9.17) is 4.74 Å². The van der Waals surface area contributed by atoms with Gasteiger partial charge in [0.2, 0.25) is 0 Å². The van der Waals surface area contributed by atoms with Crippen LogP contribution in [0.25, 0.3) is 20.7 Å². The lowest BCUT2D eigenvalue weighted by molar-refractivity contribution is 0.217. The SMILES string of the molecule is COc1ccc([C@H](O)c2ncnc3sc(-c4ccccc4)cc23)cc1. The Morgan fingerprint density at radius 2 is 1.76 bits per heavy atom. The van der Waals surface area contributed by atoms with Crippen LogP contribution in [-0.2, 0) is 0 Å². The molecule has 0 bridgehead atoms. The summed E-state index contributed by atoms with van der Waals surface area (Å²) in [5, 5.41) is 11.7. The molecule has 4 nitrogen and oxygen atoms in total. The highest BCUT2D eigenvalue weighted by Crippen LogP contribution is 2.36. The van der Waals surface area contributed by atoms with E-state index in [0.717, 1.165) is 32.0 Å². The number of thiophene rings is 1. The van der Waals surface area contributed by atoms with Crippen molar-refractivity contribution >= 4 is 21.6 Å². The molecule has 124 valence electrons. The standard InChI is InChI=1S/C20H16N2O2S/c1-24-15-9-7-14(8-10-15)19(23)18-16-11-17(13-5-3-2-4-6-13)25-20(16)22-12-21-18/h2-12,19,23H,1H3/t19-/m0/s1. The molecule has 1 N–H and O–H groups in total. The fourth-order valence-electron chi connectivity index (χ4n) is 2.78. The predicted octanol–water partition coefficient (Wildman–Crippen LogP) is 4.45. The Hall–Kier alpha value is -2.76. The predicted molar refractivity (Wildman–Crippen MR) is 99.9 cm³/mol. The first-order valence-corrected chi connectivity index (χ1v) is 8.70. The molecule has 4 rings (SSSR count). The Balaban J connectivity index is 1.77. The number of benzene rings is 2. The molecule has 0 aliphatic heterocycles. The minimum Gasteiger partial charge on any atom is -0.497 e. The minimum atomic E-state index is -0.811. The summed E-state index contributed by atoms with van der Waals surface area (Å²) in [4.78, 5) is 10.7. The van der Waals surface area contributed by atoms with Gasteiger partial charge in [-0.25, -0.2) is 9.97 Å². The lowest BCUT2D eigenvalue weighted by atomic mass is 10.0. The van der Waals surface area contributed by atoms with Crippen LogP contribution in [0.2, 0.25) is 0 Å². The van der Waals surface area contributed by atoms with Crippen LogP contribution in [0.5, 0.6) is 5.75 Å². The third kappa shape index (κ3) is 2.99. The van der Waals surface area contributed by atoms with E-state index in [1.807, 2.05) is 42.5 Å². The molecule has 0 spiro atoms. The molecule has 2 aromatic carbocycles. The monoisotopic (exact) mass is 348 g/mol. The van der Waals surface area contributed by atoms with Gasteiger partial charge in [0.25, 0.3) is 0 Å². The van der Waals surface area contributed by atoms with Crippen LogP contribution < -0.4 is 4.74 Å². The molecule has 2 aromatic heterocycles. The summed E-state index contributed by atoms with van der Waals surface area (Å²) in [5.41, 5.74) is 2.53. The molecule has 2 heterocycles. The number of aromatic nitrogens is 2. The van der Waals surface area contributed by atoms with Crippen LogP contribution in [0.3, 0.4) is 0 Å². The highest BCUT2D eigenvalue weighted by Gasteiger charge is 2.18. The molecule has 5 heteroatoms. The molecule has 0 radical (unpaired) electrons. The van der Waals surface area contributed by atoms with Crippen LogP contribution in [0.1, 0.15) is 17.4 Å². The molecule has 0 saturated carbocycles. The van der Waals surface area contributed by atoms with Gasteiger partial charge in [0, 0.05) is 10.3 Å². The molecule has 1 atom stereocenters. The maximum Gasteiger partial charge on any atom is 0.127 e. The molecule has 0 saturated heterocycles. The highest BCUT2D eigenvalue weighted by atomic mass is 32.1. The van der Waals surface area contributed by atoms with E-state index in [2.05, 4.69) is 28.2 Å². The summed E-state index contributed by atoms with van der Waals surface area (Å²) < 4.78 is 5.17. The van der Waals surface area contributed by atoms with Crippen LogP contribution >= 0.6 is 11.3 Å². The van der Waals surface area contributed by atoms with Crippen molar-refractivity contribution in [3.63, 3.8) is 0 Å². The van der Waals surface area contributed by atoms with E-state index in [1.54, 1.807) is 18.4 Å². The van der Waals surface area contributed by atoms with E-state index >= 15 is 0 Å². The van der Waals surface area contributed by atoms with E-state index < -0.39 is 6.10 Å². The molecule has 0 aliphatic rings. The van der Waals surface area contributed by atoms with Crippen LogP contribution in [-0.4, -0.2) is 22.2 Å². The van der Waals surface area contributed by atoms with E-state index in [9.17, 15) is 5.11 Å². The largest absolute Gasteiger partial charge is 0.497 e. The molecule has 0 amide bonds. The Morgan fingerprint density at radius 1 is 1.00 bits per heavy atom. The van der Waals surface area contributed by atoms with Crippen LogP contribution in [0.4, 0.5) is 0 Å². The number of nitrogens with zero attached hydrogens (tertiary/aromatic N) is 2. The Bertz CT molecular complexity index is 997. The fourth-order valence-corrected chi connectivity index (χ4v) is 3.79. The van der Waals surface area contributed by atoms with E-state index in [0.29, 0.717) is 5.69 Å². The second kappa shape index (κ2) is 6.63. The first kappa shape index (κ1) is 15.7. The number of hydrogen-bond donors (Lipinski definition) is 1. The zero-order valence-electron chi connectivity index (χ0n) is 13.6. The molecule has 0 fully saturated rings. The second-order valence-corrected chi connectivity index (χ2v) is 6.66. The van der Waals surface area contributed by atoms with E-state index in [1.165, 1.54) is 6.33 Å². The molecular formula is C20H16N2O2S. The topological polar surface area (TPSA) is 55.2 Å². The number of rotatable bonds is 4. The fraction of sp³-hybridized carbons (Fsp3) is 0.100. The average Bonchev–Trinajstić information content (AvgIpc) is 3.12. The normalized spacial score (nSPS) is 12.2. The van der Waals surface area contributed by atoms with Gasteiger partial charge in [-0.15, -0.1) is 11.3 Å². The minimum absolute atomic E-state index is 0.619. The number of hydrogen-bond acceptors (Lipinski definition) is 5. The van der Waals surface area contributed by atoms with Crippen molar-refractivity contribution in [2.75, 3.05) is 7.11 Å². The highest BCUT2D eigenvalue weighted by molar-refractivity contribution is 7.21. The van der Waals surface area contributed by atoms with Gasteiger partial charge in [0.15, 0.2) is 0 Å². The average molecular weight is 348 g/mol. The number of ether oxygens (including phenoxy) is 1. The lowest BCUT2D eigenvalue weighted by Crippen LogP contribution is -2.03. The van der Waals surface area contributed by atoms with Crippen molar-refractivity contribution in [2.45, 2.75) is 6.10 Å². The lowest BCUT2D eigenvalue weighted by Gasteiger charge is -2.11.